The molecule has 1 aliphatic heterocycles. The van der Waals surface area contributed by atoms with Gasteiger partial charge in [-0.15, -0.1) is 0 Å². The Morgan fingerprint density at radius 1 is 0.900 bits per heavy atom. The van der Waals surface area contributed by atoms with Crippen molar-refractivity contribution >= 4 is 22.3 Å². The van der Waals surface area contributed by atoms with E-state index < -0.39 is 0 Å². The van der Waals surface area contributed by atoms with Gasteiger partial charge in [0, 0.05) is 54.1 Å². The standard InChI is InChI=1S/C26H18N2O2/c29-25-21-3-1-2-4-22(21)26(30)23(25)12-16-5-8-19(11-16)28-14-18-7-6-17-13-27-10-9-20(17)24(18)15-28/h1-10,12-13H,11,14-15H2. The van der Waals surface area contributed by atoms with Crippen LogP contribution in [0.1, 0.15) is 38.3 Å². The molecule has 6 rings (SSSR count). The van der Waals surface area contributed by atoms with Crippen molar-refractivity contribution in [1.29, 1.82) is 0 Å². The van der Waals surface area contributed by atoms with Gasteiger partial charge in [0.2, 0.25) is 0 Å². The first kappa shape index (κ1) is 17.1. The summed E-state index contributed by atoms with van der Waals surface area (Å²) in [6.07, 6.45) is 10.4. The normalized spacial score (nSPS) is 17.3. The van der Waals surface area contributed by atoms with E-state index >= 15 is 0 Å². The fourth-order valence-corrected chi connectivity index (χ4v) is 4.70. The van der Waals surface area contributed by atoms with Crippen molar-refractivity contribution in [3.63, 3.8) is 0 Å². The second kappa shape index (κ2) is 6.36. The van der Waals surface area contributed by atoms with E-state index in [0.29, 0.717) is 11.1 Å². The van der Waals surface area contributed by atoms with Gasteiger partial charge in [-0.3, -0.25) is 14.6 Å². The molecule has 0 unspecified atom stereocenters. The number of rotatable bonds is 2. The Hall–Kier alpha value is -3.79. The Kier molecular flexibility index (Phi) is 3.62. The number of pyridine rings is 1. The summed E-state index contributed by atoms with van der Waals surface area (Å²) in [6.45, 7) is 1.74. The Balaban J connectivity index is 1.22. The molecule has 0 amide bonds. The quantitative estimate of drug-likeness (QED) is 0.467. The Bertz CT molecular complexity index is 1320. The van der Waals surface area contributed by atoms with Crippen LogP contribution in [0.25, 0.3) is 10.8 Å². The van der Waals surface area contributed by atoms with Gasteiger partial charge < -0.3 is 4.90 Å². The number of fused-ring (bicyclic) bond motifs is 4. The van der Waals surface area contributed by atoms with E-state index in [9.17, 15) is 9.59 Å². The van der Waals surface area contributed by atoms with Crippen molar-refractivity contribution in [3.8, 4) is 0 Å². The zero-order valence-electron chi connectivity index (χ0n) is 16.3. The SMILES string of the molecule is O=C1C(=CC2=CC=C(N3Cc4ccc5cnccc5c4C3)C2)C(=O)c2ccccc21. The van der Waals surface area contributed by atoms with Gasteiger partial charge in [0.1, 0.15) is 0 Å². The van der Waals surface area contributed by atoms with Crippen LogP contribution in [0.4, 0.5) is 0 Å². The van der Waals surface area contributed by atoms with Crippen LogP contribution in [0.5, 0.6) is 0 Å². The van der Waals surface area contributed by atoms with Gasteiger partial charge in [0.25, 0.3) is 0 Å². The second-order valence-electron chi connectivity index (χ2n) is 7.99. The zero-order chi connectivity index (χ0) is 20.2. The number of aromatic nitrogens is 1. The van der Waals surface area contributed by atoms with Crippen molar-refractivity contribution in [1.82, 2.24) is 9.88 Å². The minimum atomic E-state index is -0.168. The van der Waals surface area contributed by atoms with E-state index in [1.165, 1.54) is 27.6 Å². The molecule has 4 nitrogen and oxygen atoms in total. The van der Waals surface area contributed by atoms with E-state index in [1.54, 1.807) is 30.3 Å². The maximum atomic E-state index is 12.7. The molecule has 0 N–H and O–H groups in total. The van der Waals surface area contributed by atoms with Crippen LogP contribution in [-0.2, 0) is 13.1 Å². The van der Waals surface area contributed by atoms with Gasteiger partial charge >= 0.3 is 0 Å². The first-order valence-corrected chi connectivity index (χ1v) is 10.1. The molecule has 1 aromatic heterocycles. The molecule has 0 saturated heterocycles. The number of allylic oxidation sites excluding steroid dienone is 5. The highest BCUT2D eigenvalue weighted by Gasteiger charge is 2.33. The van der Waals surface area contributed by atoms with Crippen LogP contribution >= 0.6 is 0 Å². The summed E-state index contributed by atoms with van der Waals surface area (Å²) in [4.78, 5) is 31.9. The minimum Gasteiger partial charge on any atom is -0.366 e. The molecule has 0 bridgehead atoms. The first-order valence-electron chi connectivity index (χ1n) is 10.1. The summed E-state index contributed by atoms with van der Waals surface area (Å²) >= 11 is 0. The molecule has 0 spiro atoms. The van der Waals surface area contributed by atoms with Crippen LogP contribution in [0, 0.1) is 0 Å². The molecule has 0 radical (unpaired) electrons. The van der Waals surface area contributed by atoms with E-state index in [-0.39, 0.29) is 17.1 Å². The van der Waals surface area contributed by atoms with Crippen molar-refractivity contribution < 1.29 is 9.59 Å². The van der Waals surface area contributed by atoms with Gasteiger partial charge in [-0.05, 0) is 40.3 Å². The first-order chi connectivity index (χ1) is 14.7. The van der Waals surface area contributed by atoms with E-state index in [4.69, 9.17) is 0 Å². The van der Waals surface area contributed by atoms with Gasteiger partial charge in [-0.1, -0.05) is 42.5 Å². The van der Waals surface area contributed by atoms with Gasteiger partial charge in [-0.25, -0.2) is 0 Å². The number of hydrogen-bond acceptors (Lipinski definition) is 4. The highest BCUT2D eigenvalue weighted by atomic mass is 16.2. The zero-order valence-corrected chi connectivity index (χ0v) is 16.3. The van der Waals surface area contributed by atoms with Gasteiger partial charge in [0.15, 0.2) is 11.6 Å². The number of carbonyl (C=O) groups excluding carboxylic acids is 2. The van der Waals surface area contributed by atoms with Crippen LogP contribution in [0.3, 0.4) is 0 Å². The monoisotopic (exact) mass is 390 g/mol. The van der Waals surface area contributed by atoms with Crippen LogP contribution < -0.4 is 0 Å². The third kappa shape index (κ3) is 2.50. The molecule has 3 aliphatic rings. The molecule has 2 aromatic carbocycles. The predicted molar refractivity (Wildman–Crippen MR) is 115 cm³/mol. The molecule has 0 atom stereocenters. The lowest BCUT2D eigenvalue weighted by Gasteiger charge is -2.19. The van der Waals surface area contributed by atoms with E-state index in [2.05, 4.69) is 34.2 Å². The van der Waals surface area contributed by atoms with E-state index in [0.717, 1.165) is 25.1 Å². The average Bonchev–Trinajstić information content (AvgIpc) is 3.48. The smallest absolute Gasteiger partial charge is 0.197 e. The number of benzene rings is 2. The molecule has 3 aromatic rings. The molecule has 2 aliphatic carbocycles. The number of hydrogen-bond donors (Lipinski definition) is 0. The van der Waals surface area contributed by atoms with Crippen LogP contribution in [0.2, 0.25) is 0 Å². The van der Waals surface area contributed by atoms with E-state index in [1.807, 2.05) is 18.5 Å². The third-order valence-corrected chi connectivity index (χ3v) is 6.26. The maximum Gasteiger partial charge on any atom is 0.197 e. The predicted octanol–water partition coefficient (Wildman–Crippen LogP) is 4.77. The van der Waals surface area contributed by atoms with Crippen LogP contribution in [0.15, 0.2) is 89.9 Å². The summed E-state index contributed by atoms with van der Waals surface area (Å²) < 4.78 is 0. The highest BCUT2D eigenvalue weighted by molar-refractivity contribution is 6.39. The van der Waals surface area contributed by atoms with Gasteiger partial charge in [0.05, 0.1) is 5.57 Å². The topological polar surface area (TPSA) is 50.3 Å². The summed E-state index contributed by atoms with van der Waals surface area (Å²) in [5, 5.41) is 2.43. The summed E-state index contributed by atoms with van der Waals surface area (Å²) in [6, 6.07) is 13.5. The van der Waals surface area contributed by atoms with Crippen molar-refractivity contribution in [3.05, 3.63) is 112 Å². The molecule has 30 heavy (non-hydrogen) atoms. The fourth-order valence-electron chi connectivity index (χ4n) is 4.70. The largest absolute Gasteiger partial charge is 0.366 e. The third-order valence-electron chi connectivity index (χ3n) is 6.26. The van der Waals surface area contributed by atoms with Gasteiger partial charge in [-0.2, -0.15) is 0 Å². The van der Waals surface area contributed by atoms with Crippen molar-refractivity contribution in [2.75, 3.05) is 0 Å². The highest BCUT2D eigenvalue weighted by Crippen LogP contribution is 2.36. The molecule has 4 heteroatoms. The summed E-state index contributed by atoms with van der Waals surface area (Å²) in [5.41, 5.74) is 6.22. The molecule has 144 valence electrons. The fraction of sp³-hybridized carbons (Fsp3) is 0.115. The minimum absolute atomic E-state index is 0.168. The summed E-state index contributed by atoms with van der Waals surface area (Å²) in [7, 11) is 0. The number of ketones is 2. The Morgan fingerprint density at radius 2 is 1.70 bits per heavy atom. The summed E-state index contributed by atoms with van der Waals surface area (Å²) in [5.74, 6) is -0.336. The number of carbonyl (C=O) groups is 2. The average molecular weight is 390 g/mol. The Labute approximate surface area is 173 Å². The number of Topliss-reactive ketones (excluding diaryl/α,β-unsaturated/α-hetero) is 2. The Morgan fingerprint density at radius 3 is 2.50 bits per heavy atom. The molecule has 0 saturated carbocycles. The molecular formula is C26H18N2O2. The lowest BCUT2D eigenvalue weighted by atomic mass is 10.0. The maximum absolute atomic E-state index is 12.7. The van der Waals surface area contributed by atoms with Crippen LogP contribution in [-0.4, -0.2) is 21.5 Å². The second-order valence-corrected chi connectivity index (χ2v) is 7.99. The lowest BCUT2D eigenvalue weighted by Crippen LogP contribution is -2.14. The molecule has 2 heterocycles. The number of nitrogens with zero attached hydrogens (tertiary/aromatic N) is 2. The molecule has 0 fully saturated rings. The van der Waals surface area contributed by atoms with Crippen molar-refractivity contribution in [2.45, 2.75) is 19.5 Å². The van der Waals surface area contributed by atoms with Crippen molar-refractivity contribution in [2.24, 2.45) is 0 Å². The molecular weight excluding hydrogens is 372 g/mol. The lowest BCUT2D eigenvalue weighted by molar-refractivity contribution is 0.0988.